The highest BCUT2D eigenvalue weighted by atomic mass is 16.5. The first kappa shape index (κ1) is 9.64. The van der Waals surface area contributed by atoms with E-state index in [-0.39, 0.29) is 5.78 Å². The van der Waals surface area contributed by atoms with Gasteiger partial charge in [-0.1, -0.05) is 0 Å². The van der Waals surface area contributed by atoms with E-state index in [4.69, 9.17) is 4.74 Å². The van der Waals surface area contributed by atoms with Gasteiger partial charge < -0.3 is 4.74 Å². The number of pyridine rings is 1. The van der Waals surface area contributed by atoms with Crippen molar-refractivity contribution in [3.63, 3.8) is 0 Å². The first-order valence-electron chi connectivity index (χ1n) is 4.52. The van der Waals surface area contributed by atoms with E-state index in [2.05, 4.69) is 10.1 Å². The number of carbonyl (C=O) groups is 1. The lowest BCUT2D eigenvalue weighted by atomic mass is 10.2. The zero-order chi connectivity index (χ0) is 11.0. The Morgan fingerprint density at radius 2 is 2.20 bits per heavy atom. The second kappa shape index (κ2) is 3.34. The Morgan fingerprint density at radius 3 is 2.80 bits per heavy atom. The number of Topliss-reactive ketones (excluding diaryl/α,β-unsaturated/α-hetero) is 1. The molecule has 0 bridgehead atoms. The van der Waals surface area contributed by atoms with Crippen LogP contribution in [0.15, 0.2) is 12.1 Å². The van der Waals surface area contributed by atoms with Crippen LogP contribution in [0, 0.1) is 0 Å². The third kappa shape index (κ3) is 1.45. The number of aromatic nitrogens is 3. The minimum Gasteiger partial charge on any atom is -0.481 e. The summed E-state index contributed by atoms with van der Waals surface area (Å²) < 4.78 is 6.64. The van der Waals surface area contributed by atoms with Gasteiger partial charge >= 0.3 is 0 Å². The first-order chi connectivity index (χ1) is 7.13. The quantitative estimate of drug-likeness (QED) is 0.691. The number of aryl methyl sites for hydroxylation is 1. The summed E-state index contributed by atoms with van der Waals surface area (Å²) >= 11 is 0. The lowest BCUT2D eigenvalue weighted by Crippen LogP contribution is -1.96. The molecule has 0 unspecified atom stereocenters. The molecule has 0 aliphatic heterocycles. The zero-order valence-corrected chi connectivity index (χ0v) is 8.81. The molecule has 2 aromatic rings. The van der Waals surface area contributed by atoms with Crippen LogP contribution in [-0.2, 0) is 7.05 Å². The van der Waals surface area contributed by atoms with Gasteiger partial charge in [0.05, 0.1) is 12.6 Å². The summed E-state index contributed by atoms with van der Waals surface area (Å²) in [6.45, 7) is 1.48. The van der Waals surface area contributed by atoms with Crippen LogP contribution in [-0.4, -0.2) is 27.7 Å². The van der Waals surface area contributed by atoms with Crippen molar-refractivity contribution in [2.75, 3.05) is 7.11 Å². The molecule has 0 spiro atoms. The number of fused-ring (bicyclic) bond motifs is 1. The van der Waals surface area contributed by atoms with E-state index in [0.29, 0.717) is 17.1 Å². The van der Waals surface area contributed by atoms with Crippen molar-refractivity contribution in [3.05, 3.63) is 17.8 Å². The van der Waals surface area contributed by atoms with E-state index < -0.39 is 0 Å². The number of hydrogen-bond donors (Lipinski definition) is 0. The molecule has 2 rings (SSSR count). The fraction of sp³-hybridized carbons (Fsp3) is 0.300. The van der Waals surface area contributed by atoms with Crippen molar-refractivity contribution in [2.45, 2.75) is 6.92 Å². The van der Waals surface area contributed by atoms with E-state index in [1.165, 1.54) is 14.0 Å². The molecule has 0 aromatic carbocycles. The number of ether oxygens (including phenoxy) is 1. The molecule has 0 saturated carbocycles. The number of methoxy groups -OCH3 is 1. The summed E-state index contributed by atoms with van der Waals surface area (Å²) in [6, 6.07) is 3.58. The topological polar surface area (TPSA) is 57.0 Å². The van der Waals surface area contributed by atoms with Crippen LogP contribution >= 0.6 is 0 Å². The van der Waals surface area contributed by atoms with E-state index in [9.17, 15) is 4.79 Å². The SMILES string of the molecule is COc1ccc2c(n1)c(C(C)=O)nn2C. The molecule has 0 saturated heterocycles. The van der Waals surface area contributed by atoms with Gasteiger partial charge in [0.2, 0.25) is 5.88 Å². The maximum atomic E-state index is 11.3. The van der Waals surface area contributed by atoms with Crippen LogP contribution in [0.25, 0.3) is 11.0 Å². The molecule has 2 heterocycles. The molecule has 0 atom stereocenters. The van der Waals surface area contributed by atoms with Gasteiger partial charge in [0.25, 0.3) is 0 Å². The summed E-state index contributed by atoms with van der Waals surface area (Å²) in [5.74, 6) is 0.388. The molecule has 5 nitrogen and oxygen atoms in total. The summed E-state index contributed by atoms with van der Waals surface area (Å²) in [4.78, 5) is 15.5. The summed E-state index contributed by atoms with van der Waals surface area (Å²) in [6.07, 6.45) is 0. The second-order valence-electron chi connectivity index (χ2n) is 3.25. The van der Waals surface area contributed by atoms with Crippen LogP contribution in [0.5, 0.6) is 5.88 Å². The summed E-state index contributed by atoms with van der Waals surface area (Å²) in [5, 5.41) is 4.11. The molecule has 0 N–H and O–H groups in total. The van der Waals surface area contributed by atoms with Crippen molar-refractivity contribution >= 4 is 16.8 Å². The average Bonchev–Trinajstić information content (AvgIpc) is 2.56. The van der Waals surface area contributed by atoms with Crippen LogP contribution in [0.2, 0.25) is 0 Å². The Balaban J connectivity index is 2.77. The van der Waals surface area contributed by atoms with Gasteiger partial charge in [-0.2, -0.15) is 5.10 Å². The molecule has 0 aliphatic carbocycles. The van der Waals surface area contributed by atoms with Crippen LogP contribution in [0.3, 0.4) is 0 Å². The Bertz CT molecular complexity index is 531. The number of ketones is 1. The monoisotopic (exact) mass is 205 g/mol. The number of nitrogens with zero attached hydrogens (tertiary/aromatic N) is 3. The van der Waals surface area contributed by atoms with Crippen molar-refractivity contribution in [1.29, 1.82) is 0 Å². The lowest BCUT2D eigenvalue weighted by Gasteiger charge is -1.98. The van der Waals surface area contributed by atoms with E-state index >= 15 is 0 Å². The molecular formula is C10H11N3O2. The predicted molar refractivity (Wildman–Crippen MR) is 55.1 cm³/mol. The molecular weight excluding hydrogens is 194 g/mol. The van der Waals surface area contributed by atoms with Crippen molar-refractivity contribution < 1.29 is 9.53 Å². The van der Waals surface area contributed by atoms with Gasteiger partial charge in [-0.05, 0) is 6.07 Å². The van der Waals surface area contributed by atoms with E-state index in [1.807, 2.05) is 6.07 Å². The van der Waals surface area contributed by atoms with Crippen molar-refractivity contribution in [1.82, 2.24) is 14.8 Å². The summed E-state index contributed by atoms with van der Waals surface area (Å²) in [5.41, 5.74) is 1.79. The fourth-order valence-electron chi connectivity index (χ4n) is 1.47. The molecule has 0 aliphatic rings. The smallest absolute Gasteiger partial charge is 0.213 e. The highest BCUT2D eigenvalue weighted by Crippen LogP contribution is 2.19. The van der Waals surface area contributed by atoms with Gasteiger partial charge in [-0.15, -0.1) is 0 Å². The van der Waals surface area contributed by atoms with Crippen LogP contribution < -0.4 is 4.74 Å². The molecule has 0 amide bonds. The fourth-order valence-corrected chi connectivity index (χ4v) is 1.47. The highest BCUT2D eigenvalue weighted by Gasteiger charge is 2.14. The largest absolute Gasteiger partial charge is 0.481 e. The minimum absolute atomic E-state index is 0.0960. The number of hydrogen-bond acceptors (Lipinski definition) is 4. The molecule has 0 fully saturated rings. The maximum absolute atomic E-state index is 11.3. The molecule has 15 heavy (non-hydrogen) atoms. The Hall–Kier alpha value is -1.91. The Labute approximate surface area is 86.7 Å². The number of carbonyl (C=O) groups excluding carboxylic acids is 1. The Kier molecular flexibility index (Phi) is 2.15. The molecule has 2 aromatic heterocycles. The normalized spacial score (nSPS) is 10.6. The standard InChI is InChI=1S/C10H11N3O2/c1-6(14)9-10-7(13(2)12-9)4-5-8(11-10)15-3/h4-5H,1-3H3. The molecule has 5 heteroatoms. The maximum Gasteiger partial charge on any atom is 0.213 e. The van der Waals surface area contributed by atoms with Crippen LogP contribution in [0.4, 0.5) is 0 Å². The van der Waals surface area contributed by atoms with Gasteiger partial charge in [0.15, 0.2) is 11.5 Å². The molecule has 78 valence electrons. The predicted octanol–water partition coefficient (Wildman–Crippen LogP) is 1.18. The number of rotatable bonds is 2. The van der Waals surface area contributed by atoms with E-state index in [1.54, 1.807) is 17.8 Å². The molecule has 0 radical (unpaired) electrons. The van der Waals surface area contributed by atoms with E-state index in [0.717, 1.165) is 5.52 Å². The first-order valence-corrected chi connectivity index (χ1v) is 4.52. The highest BCUT2D eigenvalue weighted by molar-refractivity contribution is 6.03. The third-order valence-electron chi connectivity index (χ3n) is 2.21. The van der Waals surface area contributed by atoms with Gasteiger partial charge in [-0.25, -0.2) is 4.98 Å². The second-order valence-corrected chi connectivity index (χ2v) is 3.25. The minimum atomic E-state index is -0.0960. The Morgan fingerprint density at radius 1 is 1.47 bits per heavy atom. The average molecular weight is 205 g/mol. The van der Waals surface area contributed by atoms with Crippen LogP contribution in [0.1, 0.15) is 17.4 Å². The lowest BCUT2D eigenvalue weighted by molar-refractivity contribution is 0.101. The van der Waals surface area contributed by atoms with Crippen molar-refractivity contribution in [2.24, 2.45) is 7.05 Å². The van der Waals surface area contributed by atoms with Gasteiger partial charge in [-0.3, -0.25) is 9.48 Å². The van der Waals surface area contributed by atoms with Gasteiger partial charge in [0.1, 0.15) is 5.52 Å². The zero-order valence-electron chi connectivity index (χ0n) is 8.81. The van der Waals surface area contributed by atoms with Gasteiger partial charge in [0, 0.05) is 20.0 Å². The summed E-state index contributed by atoms with van der Waals surface area (Å²) in [7, 11) is 3.32. The third-order valence-corrected chi connectivity index (χ3v) is 2.21. The van der Waals surface area contributed by atoms with Crippen molar-refractivity contribution in [3.8, 4) is 5.88 Å².